The maximum Gasteiger partial charge on any atom is 0.255 e. The summed E-state index contributed by atoms with van der Waals surface area (Å²) in [6.45, 7) is 1.82. The van der Waals surface area contributed by atoms with Gasteiger partial charge in [0.1, 0.15) is 5.82 Å². The summed E-state index contributed by atoms with van der Waals surface area (Å²) < 4.78 is 16.3. The highest BCUT2D eigenvalue weighted by Crippen LogP contribution is 2.31. The van der Waals surface area contributed by atoms with E-state index in [9.17, 15) is 14.4 Å². The number of nitrogens with one attached hydrogen (secondary N) is 1. The maximum atomic E-state index is 14.7. The number of nitrogens with zero attached hydrogens (tertiary/aromatic N) is 5. The number of amides is 1. The summed E-state index contributed by atoms with van der Waals surface area (Å²) in [5.74, 6) is -0.0300. The van der Waals surface area contributed by atoms with Gasteiger partial charge in [-0.1, -0.05) is 6.07 Å². The standard InChI is InChI=1S/C22H20FN7O/c23-15-5-1-3-13(10-24)20(15)16-9-18(21-17(27-16)11-26-22(21)31)30-8-6-19(28-30)29-7-2-4-14(25)12-29/h1,3,5-6,8-9,14H,2,4,7,11-12,25H2,(H,26,31)/t14-/m0/s1. The molecule has 0 spiro atoms. The number of aromatic nitrogens is 3. The number of hydrogen-bond acceptors (Lipinski definition) is 6. The van der Waals surface area contributed by atoms with Crippen LogP contribution in [-0.4, -0.2) is 39.8 Å². The third-order valence-corrected chi connectivity index (χ3v) is 5.71. The Hall–Kier alpha value is -3.77. The second kappa shape index (κ2) is 7.49. The average Bonchev–Trinajstić information content (AvgIpc) is 3.40. The lowest BCUT2D eigenvalue weighted by atomic mass is 10.0. The van der Waals surface area contributed by atoms with E-state index >= 15 is 0 Å². The molecule has 0 bridgehead atoms. The van der Waals surface area contributed by atoms with E-state index in [1.54, 1.807) is 23.0 Å². The number of nitrogens with two attached hydrogens (primary N) is 1. The van der Waals surface area contributed by atoms with Gasteiger partial charge < -0.3 is 16.0 Å². The number of hydrogen-bond donors (Lipinski definition) is 2. The van der Waals surface area contributed by atoms with Gasteiger partial charge in [-0.2, -0.15) is 10.4 Å². The largest absolute Gasteiger partial charge is 0.354 e. The van der Waals surface area contributed by atoms with Gasteiger partial charge in [0.2, 0.25) is 0 Å². The summed E-state index contributed by atoms with van der Waals surface area (Å²) in [5, 5.41) is 16.9. The van der Waals surface area contributed by atoms with Crippen molar-refractivity contribution < 1.29 is 9.18 Å². The first kappa shape index (κ1) is 19.2. The number of piperidine rings is 1. The molecule has 0 aliphatic carbocycles. The van der Waals surface area contributed by atoms with Crippen molar-refractivity contribution in [3.05, 3.63) is 59.2 Å². The van der Waals surface area contributed by atoms with E-state index in [0.717, 1.165) is 31.7 Å². The second-order valence-electron chi connectivity index (χ2n) is 7.77. The fraction of sp³-hybridized carbons (Fsp3) is 0.273. The van der Waals surface area contributed by atoms with Crippen LogP contribution >= 0.6 is 0 Å². The number of rotatable bonds is 3. The molecule has 2 aliphatic heterocycles. The number of pyridine rings is 1. The van der Waals surface area contributed by atoms with Crippen molar-refractivity contribution in [3.63, 3.8) is 0 Å². The third-order valence-electron chi connectivity index (χ3n) is 5.71. The van der Waals surface area contributed by atoms with Crippen molar-refractivity contribution in [2.24, 2.45) is 5.73 Å². The molecule has 8 nitrogen and oxygen atoms in total. The van der Waals surface area contributed by atoms with Crippen LogP contribution in [0.5, 0.6) is 0 Å². The van der Waals surface area contributed by atoms with Crippen LogP contribution in [0.25, 0.3) is 16.9 Å². The molecule has 5 rings (SSSR count). The Morgan fingerprint density at radius 1 is 1.29 bits per heavy atom. The van der Waals surface area contributed by atoms with Gasteiger partial charge in [0.05, 0.1) is 46.4 Å². The number of fused-ring (bicyclic) bond motifs is 1. The van der Waals surface area contributed by atoms with Crippen LogP contribution in [-0.2, 0) is 6.54 Å². The highest BCUT2D eigenvalue weighted by molar-refractivity contribution is 6.01. The zero-order valence-corrected chi connectivity index (χ0v) is 16.7. The number of halogens is 1. The number of anilines is 1. The van der Waals surface area contributed by atoms with E-state index in [1.165, 1.54) is 12.1 Å². The number of nitriles is 1. The van der Waals surface area contributed by atoms with Gasteiger partial charge in [-0.3, -0.25) is 4.79 Å². The van der Waals surface area contributed by atoms with Crippen molar-refractivity contribution in [1.82, 2.24) is 20.1 Å². The summed E-state index contributed by atoms with van der Waals surface area (Å²) in [5.41, 5.74) is 8.08. The van der Waals surface area contributed by atoms with Crippen LogP contribution in [0.2, 0.25) is 0 Å². The molecule has 31 heavy (non-hydrogen) atoms. The van der Waals surface area contributed by atoms with Crippen LogP contribution in [0.3, 0.4) is 0 Å². The molecule has 1 saturated heterocycles. The quantitative estimate of drug-likeness (QED) is 0.675. The average molecular weight is 417 g/mol. The fourth-order valence-corrected chi connectivity index (χ4v) is 4.23. The molecular weight excluding hydrogens is 397 g/mol. The Morgan fingerprint density at radius 2 is 2.16 bits per heavy atom. The summed E-state index contributed by atoms with van der Waals surface area (Å²) in [4.78, 5) is 19.1. The maximum absolute atomic E-state index is 14.7. The molecule has 4 heterocycles. The predicted molar refractivity (Wildman–Crippen MR) is 112 cm³/mol. The lowest BCUT2D eigenvalue weighted by molar-refractivity contribution is 0.0965. The van der Waals surface area contributed by atoms with E-state index in [4.69, 9.17) is 5.73 Å². The lowest BCUT2D eigenvalue weighted by Crippen LogP contribution is -2.43. The van der Waals surface area contributed by atoms with E-state index in [0.29, 0.717) is 16.9 Å². The molecule has 156 valence electrons. The Labute approximate surface area is 178 Å². The molecule has 1 atom stereocenters. The highest BCUT2D eigenvalue weighted by atomic mass is 19.1. The molecule has 0 saturated carbocycles. The van der Waals surface area contributed by atoms with E-state index in [-0.39, 0.29) is 35.3 Å². The van der Waals surface area contributed by atoms with Crippen molar-refractivity contribution >= 4 is 11.7 Å². The summed E-state index contributed by atoms with van der Waals surface area (Å²) >= 11 is 0. The van der Waals surface area contributed by atoms with Gasteiger partial charge in [-0.25, -0.2) is 14.1 Å². The molecule has 1 aromatic carbocycles. The molecule has 0 unspecified atom stereocenters. The first-order valence-corrected chi connectivity index (χ1v) is 10.1. The zero-order valence-electron chi connectivity index (χ0n) is 16.7. The normalized spacial score (nSPS) is 17.9. The van der Waals surface area contributed by atoms with Gasteiger partial charge in [0.15, 0.2) is 5.82 Å². The Bertz CT molecular complexity index is 1230. The van der Waals surface area contributed by atoms with Crippen molar-refractivity contribution in [1.29, 1.82) is 5.26 Å². The SMILES string of the molecule is N#Cc1cccc(F)c1-c1cc(-n2ccc(N3CCC[C@H](N)C3)n2)c2c(n1)CNC2=O. The Kier molecular flexibility index (Phi) is 4.64. The first-order chi connectivity index (χ1) is 15.0. The van der Waals surface area contributed by atoms with Gasteiger partial charge in [-0.05, 0) is 31.0 Å². The van der Waals surface area contributed by atoms with E-state index in [2.05, 4.69) is 20.3 Å². The monoisotopic (exact) mass is 417 g/mol. The summed E-state index contributed by atoms with van der Waals surface area (Å²) in [6.07, 6.45) is 3.75. The van der Waals surface area contributed by atoms with Crippen LogP contribution in [0.1, 0.15) is 34.5 Å². The minimum atomic E-state index is -0.543. The number of carbonyl (C=O) groups is 1. The van der Waals surface area contributed by atoms with Crippen LogP contribution < -0.4 is 16.0 Å². The fourth-order valence-electron chi connectivity index (χ4n) is 4.23. The minimum Gasteiger partial charge on any atom is -0.354 e. The smallest absolute Gasteiger partial charge is 0.255 e. The number of carbonyl (C=O) groups excluding carboxylic acids is 1. The van der Waals surface area contributed by atoms with Crippen LogP contribution in [0, 0.1) is 17.1 Å². The van der Waals surface area contributed by atoms with Gasteiger partial charge >= 0.3 is 0 Å². The molecule has 1 amide bonds. The molecule has 2 aromatic heterocycles. The van der Waals surface area contributed by atoms with Crippen molar-refractivity contribution in [2.75, 3.05) is 18.0 Å². The third kappa shape index (κ3) is 3.31. The van der Waals surface area contributed by atoms with Crippen molar-refractivity contribution in [3.8, 4) is 23.0 Å². The van der Waals surface area contributed by atoms with E-state index in [1.807, 2.05) is 12.1 Å². The van der Waals surface area contributed by atoms with Gasteiger partial charge in [-0.15, -0.1) is 0 Å². The number of benzene rings is 1. The Balaban J connectivity index is 1.63. The summed E-state index contributed by atoms with van der Waals surface area (Å²) in [7, 11) is 0. The molecule has 3 N–H and O–H groups in total. The molecule has 3 aromatic rings. The van der Waals surface area contributed by atoms with Crippen molar-refractivity contribution in [2.45, 2.75) is 25.4 Å². The predicted octanol–water partition coefficient (Wildman–Crippen LogP) is 2.12. The first-order valence-electron chi connectivity index (χ1n) is 10.1. The summed E-state index contributed by atoms with van der Waals surface area (Å²) in [6, 6.07) is 9.93. The molecule has 1 fully saturated rings. The molecule has 0 radical (unpaired) electrons. The van der Waals surface area contributed by atoms with E-state index < -0.39 is 5.82 Å². The molecule has 2 aliphatic rings. The zero-order chi connectivity index (χ0) is 21.5. The molecule has 9 heteroatoms. The minimum absolute atomic E-state index is 0.104. The molecular formula is C22H20FN7O. The topological polar surface area (TPSA) is 113 Å². The van der Waals surface area contributed by atoms with Crippen LogP contribution in [0.15, 0.2) is 36.5 Å². The van der Waals surface area contributed by atoms with Gasteiger partial charge in [0.25, 0.3) is 5.91 Å². The Morgan fingerprint density at radius 3 is 2.97 bits per heavy atom. The van der Waals surface area contributed by atoms with Crippen LogP contribution in [0.4, 0.5) is 10.2 Å². The van der Waals surface area contributed by atoms with Gasteiger partial charge in [0, 0.05) is 31.4 Å². The lowest BCUT2D eigenvalue weighted by Gasteiger charge is -2.30. The highest BCUT2D eigenvalue weighted by Gasteiger charge is 2.28. The second-order valence-corrected chi connectivity index (χ2v) is 7.77.